The summed E-state index contributed by atoms with van der Waals surface area (Å²) in [4.78, 5) is 14.6. The lowest BCUT2D eigenvalue weighted by Gasteiger charge is -2.29. The van der Waals surface area contributed by atoms with E-state index in [1.165, 1.54) is 11.1 Å². The van der Waals surface area contributed by atoms with Gasteiger partial charge in [-0.25, -0.2) is 0 Å². The lowest BCUT2D eigenvalue weighted by atomic mass is 9.73. The van der Waals surface area contributed by atoms with Crippen molar-refractivity contribution in [1.82, 2.24) is 10.2 Å². The Morgan fingerprint density at radius 3 is 3.11 bits per heavy atom. The van der Waals surface area contributed by atoms with Crippen LogP contribution < -0.4 is 10.1 Å². The van der Waals surface area contributed by atoms with Crippen LogP contribution in [0.1, 0.15) is 36.8 Å². The molecular formula is C23H32N2O3. The van der Waals surface area contributed by atoms with Crippen molar-refractivity contribution >= 4 is 5.91 Å². The molecule has 0 radical (unpaired) electrons. The first kappa shape index (κ1) is 19.5. The molecule has 1 N–H and O–H groups in total. The molecule has 3 aliphatic rings. The van der Waals surface area contributed by atoms with Crippen molar-refractivity contribution in [2.24, 2.45) is 11.8 Å². The lowest BCUT2D eigenvalue weighted by molar-refractivity contribution is -0.121. The van der Waals surface area contributed by atoms with Gasteiger partial charge < -0.3 is 14.8 Å². The molecule has 0 saturated carbocycles. The van der Waals surface area contributed by atoms with Gasteiger partial charge in [-0.3, -0.25) is 9.69 Å². The van der Waals surface area contributed by atoms with Crippen molar-refractivity contribution < 1.29 is 14.3 Å². The maximum Gasteiger partial charge on any atom is 0.220 e. The van der Waals surface area contributed by atoms with Crippen molar-refractivity contribution in [1.29, 1.82) is 0 Å². The van der Waals surface area contributed by atoms with Crippen LogP contribution in [0.2, 0.25) is 0 Å². The molecule has 0 aliphatic carbocycles. The predicted octanol–water partition coefficient (Wildman–Crippen LogP) is 3.07. The number of fused-ring (bicyclic) bond motifs is 1. The fourth-order valence-corrected chi connectivity index (χ4v) is 5.45. The Labute approximate surface area is 168 Å². The molecule has 3 saturated heterocycles. The third kappa shape index (κ3) is 3.58. The lowest BCUT2D eigenvalue weighted by Crippen LogP contribution is -2.41. The van der Waals surface area contributed by atoms with Gasteiger partial charge in [0.15, 0.2) is 0 Å². The van der Waals surface area contributed by atoms with Crippen LogP contribution in [-0.2, 0) is 16.1 Å². The normalized spacial score (nSPS) is 31.0. The van der Waals surface area contributed by atoms with Gasteiger partial charge in [0.05, 0.1) is 18.8 Å². The van der Waals surface area contributed by atoms with Crippen molar-refractivity contribution in [3.05, 3.63) is 42.0 Å². The molecule has 1 spiro atoms. The number of benzene rings is 1. The zero-order valence-electron chi connectivity index (χ0n) is 17.1. The summed E-state index contributed by atoms with van der Waals surface area (Å²) in [6.45, 7) is 9.57. The first-order valence-electron chi connectivity index (χ1n) is 10.5. The molecule has 3 fully saturated rings. The average molecular weight is 385 g/mol. The zero-order chi connectivity index (χ0) is 19.7. The standard InChI is InChI=1S/C23H32N2O3/c1-4-5-6-22(26)24-12-19-20-14-25(15-23(20)10-9-21(19)28-23)13-17-7-8-18(27-3)11-16(17)2/h4,7-8,11,19-21H,1,5-6,9-10,12-15H2,2-3H3,(H,24,26)/t19-,20+,21+,23+/m0/s1. The highest BCUT2D eigenvalue weighted by molar-refractivity contribution is 5.76. The second-order valence-electron chi connectivity index (χ2n) is 8.62. The van der Waals surface area contributed by atoms with Gasteiger partial charge in [-0.2, -0.15) is 0 Å². The van der Waals surface area contributed by atoms with E-state index in [-0.39, 0.29) is 11.5 Å². The van der Waals surface area contributed by atoms with Crippen LogP contribution >= 0.6 is 0 Å². The van der Waals surface area contributed by atoms with Gasteiger partial charge in [0.2, 0.25) is 5.91 Å². The number of amides is 1. The van der Waals surface area contributed by atoms with Crippen LogP contribution in [-0.4, -0.2) is 49.3 Å². The van der Waals surface area contributed by atoms with Crippen LogP contribution in [0.4, 0.5) is 0 Å². The molecule has 1 amide bonds. The molecule has 5 nitrogen and oxygen atoms in total. The number of ether oxygens (including phenoxy) is 2. The first-order chi connectivity index (χ1) is 13.5. The van der Waals surface area contributed by atoms with Crippen molar-refractivity contribution in [3.8, 4) is 5.75 Å². The maximum absolute atomic E-state index is 12.0. The number of methoxy groups -OCH3 is 1. The number of nitrogens with zero attached hydrogens (tertiary/aromatic N) is 1. The zero-order valence-corrected chi connectivity index (χ0v) is 17.1. The number of allylic oxidation sites excluding steroid dienone is 1. The van der Waals surface area contributed by atoms with Crippen molar-refractivity contribution in [3.63, 3.8) is 0 Å². The van der Waals surface area contributed by atoms with Gasteiger partial charge in [-0.1, -0.05) is 12.1 Å². The van der Waals surface area contributed by atoms with E-state index >= 15 is 0 Å². The number of hydrogen-bond donors (Lipinski definition) is 1. The summed E-state index contributed by atoms with van der Waals surface area (Å²) in [6, 6.07) is 6.32. The van der Waals surface area contributed by atoms with E-state index in [9.17, 15) is 4.79 Å². The van der Waals surface area contributed by atoms with E-state index in [1.54, 1.807) is 13.2 Å². The molecule has 28 heavy (non-hydrogen) atoms. The number of nitrogens with one attached hydrogen (secondary N) is 1. The Hall–Kier alpha value is -1.85. The summed E-state index contributed by atoms with van der Waals surface area (Å²) < 4.78 is 11.8. The molecule has 1 aromatic carbocycles. The minimum Gasteiger partial charge on any atom is -0.497 e. The molecule has 3 heterocycles. The molecule has 0 aromatic heterocycles. The molecule has 4 atom stereocenters. The Morgan fingerprint density at radius 2 is 2.36 bits per heavy atom. The minimum absolute atomic E-state index is 0.00154. The molecule has 1 aromatic rings. The number of carbonyl (C=O) groups is 1. The van der Waals surface area contributed by atoms with Gasteiger partial charge in [0, 0.05) is 44.4 Å². The van der Waals surface area contributed by atoms with Crippen molar-refractivity contribution in [2.45, 2.75) is 50.9 Å². The molecule has 4 rings (SSSR count). The summed E-state index contributed by atoms with van der Waals surface area (Å²) in [7, 11) is 1.71. The van der Waals surface area contributed by atoms with E-state index in [0.29, 0.717) is 24.4 Å². The number of carbonyl (C=O) groups excluding carboxylic acids is 1. The van der Waals surface area contributed by atoms with Crippen LogP contribution in [0.5, 0.6) is 5.75 Å². The van der Waals surface area contributed by atoms with E-state index in [2.05, 4.69) is 35.9 Å². The fourth-order valence-electron chi connectivity index (χ4n) is 5.45. The quantitative estimate of drug-likeness (QED) is 0.700. The van der Waals surface area contributed by atoms with Gasteiger partial charge in [0.25, 0.3) is 0 Å². The van der Waals surface area contributed by atoms with E-state index in [0.717, 1.165) is 51.2 Å². The molecule has 152 valence electrons. The number of hydrogen-bond acceptors (Lipinski definition) is 4. The van der Waals surface area contributed by atoms with E-state index < -0.39 is 0 Å². The van der Waals surface area contributed by atoms with Crippen LogP contribution in [0.25, 0.3) is 0 Å². The van der Waals surface area contributed by atoms with Crippen molar-refractivity contribution in [2.75, 3.05) is 26.7 Å². The molecule has 5 heteroatoms. The third-order valence-electron chi connectivity index (χ3n) is 6.91. The first-order valence-corrected chi connectivity index (χ1v) is 10.5. The average Bonchev–Trinajstić information content (AvgIpc) is 3.34. The summed E-state index contributed by atoms with van der Waals surface area (Å²) >= 11 is 0. The van der Waals surface area contributed by atoms with Crippen LogP contribution in [0.15, 0.2) is 30.9 Å². The Morgan fingerprint density at radius 1 is 1.50 bits per heavy atom. The summed E-state index contributed by atoms with van der Waals surface area (Å²) in [6.07, 6.45) is 5.65. The monoisotopic (exact) mass is 384 g/mol. The Kier molecular flexibility index (Phi) is 5.48. The smallest absolute Gasteiger partial charge is 0.220 e. The summed E-state index contributed by atoms with van der Waals surface area (Å²) in [5.41, 5.74) is 2.62. The predicted molar refractivity (Wildman–Crippen MR) is 109 cm³/mol. The third-order valence-corrected chi connectivity index (χ3v) is 6.91. The number of likely N-dealkylation sites (tertiary alicyclic amines) is 1. The van der Waals surface area contributed by atoms with Gasteiger partial charge in [-0.05, 0) is 49.4 Å². The van der Waals surface area contributed by atoms with E-state index in [1.807, 2.05) is 6.07 Å². The molecule has 3 aliphatic heterocycles. The van der Waals surface area contributed by atoms with Gasteiger partial charge >= 0.3 is 0 Å². The summed E-state index contributed by atoms with van der Waals surface area (Å²) in [5, 5.41) is 3.14. The number of rotatable bonds is 8. The summed E-state index contributed by atoms with van der Waals surface area (Å²) in [5.74, 6) is 1.99. The highest BCUT2D eigenvalue weighted by Gasteiger charge is 2.62. The van der Waals surface area contributed by atoms with Gasteiger partial charge in [-0.15, -0.1) is 6.58 Å². The minimum atomic E-state index is 0.00154. The second-order valence-corrected chi connectivity index (χ2v) is 8.62. The van der Waals surface area contributed by atoms with E-state index in [4.69, 9.17) is 9.47 Å². The maximum atomic E-state index is 12.0. The second kappa shape index (κ2) is 7.88. The van der Waals surface area contributed by atoms with Crippen LogP contribution in [0.3, 0.4) is 0 Å². The molecule has 0 unspecified atom stereocenters. The highest BCUT2D eigenvalue weighted by Crippen LogP contribution is 2.54. The Bertz CT molecular complexity index is 749. The number of aryl methyl sites for hydroxylation is 1. The topological polar surface area (TPSA) is 50.8 Å². The SMILES string of the molecule is C=CCCC(=O)NC[C@H]1[C@H]2CN(Cc3ccc(OC)cc3C)C[C@]23CC[C@H]1O3. The highest BCUT2D eigenvalue weighted by atomic mass is 16.5. The van der Waals surface area contributed by atoms with Crippen LogP contribution in [0, 0.1) is 18.8 Å². The Balaban J connectivity index is 1.39. The largest absolute Gasteiger partial charge is 0.497 e. The molecular weight excluding hydrogens is 352 g/mol. The fraction of sp³-hybridized carbons (Fsp3) is 0.609. The van der Waals surface area contributed by atoms with Gasteiger partial charge in [0.1, 0.15) is 5.75 Å². The molecule has 2 bridgehead atoms.